The van der Waals surface area contributed by atoms with Gasteiger partial charge in [-0.2, -0.15) is 5.10 Å². The zero-order valence-electron chi connectivity index (χ0n) is 40.6. The number of likely N-dealkylation sites (N-methyl/N-ethyl adjacent to an activating group) is 1. The summed E-state index contributed by atoms with van der Waals surface area (Å²) >= 11 is 0. The lowest BCUT2D eigenvalue weighted by atomic mass is 9.78. The Balaban J connectivity index is 1.66. The normalized spacial score (nSPS) is 30.5. The van der Waals surface area contributed by atoms with E-state index in [1.807, 2.05) is 5.01 Å². The molecule has 1 unspecified atom stereocenters. The van der Waals surface area contributed by atoms with Crippen molar-refractivity contribution in [3.8, 4) is 34.5 Å². The van der Waals surface area contributed by atoms with Gasteiger partial charge >= 0.3 is 11.8 Å². The number of esters is 1. The highest BCUT2D eigenvalue weighted by atomic mass is 28.3. The Labute approximate surface area is 389 Å². The maximum absolute atomic E-state index is 14.6. The standard InChI is InChI=1S/C49H68N4O12Si/c1-27-16-14-17-28(2)48(61)51-39-34(26-50-52-19-22-53(9,23-20-52)21-15-25-66(11,12)13)43(58)36-37(44(39)59)42(57)32(6)46-38(36)47(60)49(8,65-46)63-24-18-35(62-10)29(3)45(64-33(7)54)31(5)41(56)30(4)40(27)55/h14,16-18,24,26-27,29-31,35,40-41,45,55-56H,19-23H2,1-13H3,(H3-,50,51,57,58,59,60,61)/p+1/b16-14+,24-18+,28-17-/t27-,29+,30+,31+,35-,40?,41+,45+,49-/m0/s1. The largest absolute Gasteiger partial charge is 0.507 e. The van der Waals surface area contributed by atoms with Crippen LogP contribution in [0.15, 0.2) is 41.2 Å². The molecule has 0 aromatic heterocycles. The van der Waals surface area contributed by atoms with Crippen molar-refractivity contribution in [2.75, 3.05) is 52.2 Å². The van der Waals surface area contributed by atoms with Gasteiger partial charge in [0, 0.05) is 61.2 Å². The van der Waals surface area contributed by atoms with Crippen LogP contribution >= 0.6 is 0 Å². The Kier molecular flexibility index (Phi) is 15.8. The number of fused-ring (bicyclic) bond motifs is 14. The van der Waals surface area contributed by atoms with E-state index < -0.39 is 96.9 Å². The molecular formula is C49H69N4O12Si+. The molecule has 360 valence electrons. The monoisotopic (exact) mass is 933 g/mol. The number of aromatic hydroxyl groups is 3. The van der Waals surface area contributed by atoms with Crippen molar-refractivity contribution in [3.05, 3.63) is 52.8 Å². The van der Waals surface area contributed by atoms with Crippen molar-refractivity contribution in [2.24, 2.45) is 28.8 Å². The second-order valence-corrected chi connectivity index (χ2v) is 24.3. The number of phenols is 3. The predicted molar refractivity (Wildman–Crippen MR) is 255 cm³/mol. The summed E-state index contributed by atoms with van der Waals surface area (Å²) in [6.07, 6.45) is 4.88. The van der Waals surface area contributed by atoms with Crippen molar-refractivity contribution >= 4 is 48.4 Å². The Bertz CT molecular complexity index is 2390. The van der Waals surface area contributed by atoms with Crippen LogP contribution in [-0.2, 0) is 23.8 Å². The molecule has 0 spiro atoms. The van der Waals surface area contributed by atoms with Crippen molar-refractivity contribution in [1.82, 2.24) is 5.01 Å². The zero-order valence-corrected chi connectivity index (χ0v) is 41.6. The molecule has 0 saturated carbocycles. The van der Waals surface area contributed by atoms with Crippen LogP contribution in [0, 0.1) is 42.1 Å². The molecule has 6 N–H and O–H groups in total. The number of phenolic OH excluding ortho intramolecular Hbond substituents is 3. The number of amides is 1. The van der Waals surface area contributed by atoms with Gasteiger partial charge in [0.2, 0.25) is 0 Å². The number of anilines is 1. The van der Waals surface area contributed by atoms with Crippen LogP contribution in [0.2, 0.25) is 19.6 Å². The van der Waals surface area contributed by atoms with Crippen molar-refractivity contribution < 1.29 is 63.3 Å². The first-order chi connectivity index (χ1) is 30.8. The lowest BCUT2D eigenvalue weighted by Crippen LogP contribution is -2.56. The zero-order chi connectivity index (χ0) is 49.2. The molecular weight excluding hydrogens is 865 g/mol. The summed E-state index contributed by atoms with van der Waals surface area (Å²) in [6, 6.07) is 0. The summed E-state index contributed by atoms with van der Waals surface area (Å²) in [5, 5.41) is 67.7. The van der Waals surface area contributed by atoms with Gasteiger partial charge in [0.25, 0.3) is 11.7 Å². The minimum absolute atomic E-state index is 0.0528. The van der Waals surface area contributed by atoms with Gasteiger partial charge in [0.15, 0.2) is 5.75 Å². The quantitative estimate of drug-likeness (QED) is 0.0402. The average molecular weight is 934 g/mol. The molecule has 0 aliphatic carbocycles. The van der Waals surface area contributed by atoms with Crippen LogP contribution in [0.4, 0.5) is 5.69 Å². The van der Waals surface area contributed by atoms with Gasteiger partial charge in [-0.15, -0.1) is 5.54 Å². The number of hydrogen-bond donors (Lipinski definition) is 6. The summed E-state index contributed by atoms with van der Waals surface area (Å²) in [7, 11) is 2.05. The fourth-order valence-corrected chi connectivity index (χ4v) is 9.33. The maximum Gasteiger partial charge on any atom is 0.312 e. The molecule has 6 rings (SSSR count). The van der Waals surface area contributed by atoms with Gasteiger partial charge in [-0.3, -0.25) is 19.4 Å². The first-order valence-corrected chi connectivity index (χ1v) is 26.0. The van der Waals surface area contributed by atoms with E-state index in [4.69, 9.17) is 24.0 Å². The minimum atomic E-state index is -2.06. The molecule has 16 nitrogen and oxygen atoms in total. The smallest absolute Gasteiger partial charge is 0.312 e. The summed E-state index contributed by atoms with van der Waals surface area (Å²) in [4.78, 5) is 40.9. The Hall–Kier alpha value is -5.38. The van der Waals surface area contributed by atoms with E-state index >= 15 is 0 Å². The highest BCUT2D eigenvalue weighted by molar-refractivity contribution is 6.83. The predicted octanol–water partition coefficient (Wildman–Crippen LogP) is 5.73. The lowest BCUT2D eigenvalue weighted by Gasteiger charge is -2.39. The van der Waals surface area contributed by atoms with E-state index in [0.717, 1.165) is 17.6 Å². The van der Waals surface area contributed by atoms with E-state index in [1.165, 1.54) is 59.4 Å². The minimum Gasteiger partial charge on any atom is -0.507 e. The SMILES string of the molecule is CO[C@H]1/C=C/O[C@@]2(C)Oc3c(C)c(O)c4c(O)c(c(/C=N/N5CC[N+](C)(CC#C[Si](C)(C)C)CC5)c(O)c4c3C2=O)NC(=O)/C(C)=C\C=C\[C@H](C)C(O)[C@@H](C)[C@@H](O)[C@@H](C)[C@H](OC(C)=O)[C@@H]1C. The molecule has 1 saturated heterocycles. The number of Topliss-reactive ketones (excluding diaryl/α,β-unsaturated/α-hetero) is 1. The molecule has 66 heavy (non-hydrogen) atoms. The molecule has 4 aliphatic rings. The van der Waals surface area contributed by atoms with Gasteiger partial charge in [0.05, 0.1) is 86.2 Å². The first-order valence-electron chi connectivity index (χ1n) is 22.5. The highest BCUT2D eigenvalue weighted by Gasteiger charge is 2.50. The number of benzene rings is 2. The summed E-state index contributed by atoms with van der Waals surface area (Å²) < 4.78 is 24.5. The molecule has 5 bridgehead atoms. The number of rotatable bonds is 5. The Morgan fingerprint density at radius 3 is 2.26 bits per heavy atom. The van der Waals surface area contributed by atoms with E-state index in [1.54, 1.807) is 39.8 Å². The third-order valence-corrected chi connectivity index (χ3v) is 14.0. The van der Waals surface area contributed by atoms with Crippen LogP contribution < -0.4 is 10.1 Å². The maximum atomic E-state index is 14.6. The molecule has 0 radical (unpaired) electrons. The number of carbonyl (C=O) groups excluding carboxylic acids is 3. The van der Waals surface area contributed by atoms with Crippen LogP contribution in [0.1, 0.15) is 70.0 Å². The number of aliphatic hydroxyl groups excluding tert-OH is 2. The summed E-state index contributed by atoms with van der Waals surface area (Å²) in [6.45, 7) is 22.4. The molecule has 1 amide bonds. The van der Waals surface area contributed by atoms with Gasteiger partial charge < -0.3 is 54.3 Å². The van der Waals surface area contributed by atoms with E-state index in [0.29, 0.717) is 19.6 Å². The number of ketones is 1. The molecule has 2 aromatic carbocycles. The highest BCUT2D eigenvalue weighted by Crippen LogP contribution is 2.55. The van der Waals surface area contributed by atoms with Crippen molar-refractivity contribution in [3.63, 3.8) is 0 Å². The first kappa shape index (κ1) is 51.6. The number of ether oxygens (including phenoxy) is 4. The molecule has 17 heteroatoms. The Morgan fingerprint density at radius 1 is 1.00 bits per heavy atom. The molecule has 1 fully saturated rings. The fraction of sp³-hybridized carbons (Fsp3) is 0.551. The second-order valence-electron chi connectivity index (χ2n) is 19.6. The fourth-order valence-electron chi connectivity index (χ4n) is 8.72. The topological polar surface area (TPSA) is 217 Å². The number of methoxy groups -OCH3 is 1. The van der Waals surface area contributed by atoms with E-state index in [2.05, 4.69) is 43.5 Å². The molecule has 9 atom stereocenters. The number of nitrogens with one attached hydrogen (secondary N) is 1. The number of piperazine rings is 1. The second kappa shape index (κ2) is 20.2. The molecule has 4 aliphatic heterocycles. The van der Waals surface area contributed by atoms with Crippen molar-refractivity contribution in [1.29, 1.82) is 0 Å². The number of quaternary nitrogens is 1. The van der Waals surface area contributed by atoms with Crippen LogP contribution in [-0.4, -0.2) is 144 Å². The number of carbonyl (C=O) groups is 3. The average Bonchev–Trinajstić information content (AvgIpc) is 3.51. The third kappa shape index (κ3) is 10.9. The van der Waals surface area contributed by atoms with Crippen LogP contribution in [0.25, 0.3) is 10.8 Å². The number of nitrogens with zero attached hydrogens (tertiary/aromatic N) is 3. The van der Waals surface area contributed by atoms with Crippen LogP contribution in [0.5, 0.6) is 23.0 Å². The van der Waals surface area contributed by atoms with E-state index in [-0.39, 0.29) is 44.5 Å². The van der Waals surface area contributed by atoms with E-state index in [9.17, 15) is 39.9 Å². The summed E-state index contributed by atoms with van der Waals surface area (Å²) in [5.74, 6) is -5.03. The Morgan fingerprint density at radius 2 is 1.65 bits per heavy atom. The molecule has 2 aromatic rings. The number of aliphatic hydroxyl groups is 2. The number of hydrazone groups is 1. The van der Waals surface area contributed by atoms with Crippen LogP contribution in [0.3, 0.4) is 0 Å². The third-order valence-electron chi connectivity index (χ3n) is 13.1. The lowest BCUT2D eigenvalue weighted by molar-refractivity contribution is -0.906. The number of hydrogen-bond acceptors (Lipinski definition) is 14. The van der Waals surface area contributed by atoms with Gasteiger partial charge in [-0.1, -0.05) is 71.5 Å². The van der Waals surface area contributed by atoms with Gasteiger partial charge in [-0.05, 0) is 19.9 Å². The van der Waals surface area contributed by atoms with Crippen molar-refractivity contribution in [2.45, 2.75) is 105 Å². The van der Waals surface area contributed by atoms with Gasteiger partial charge in [-0.25, -0.2) is 0 Å². The summed E-state index contributed by atoms with van der Waals surface area (Å²) in [5.41, 5.74) is 3.07. The number of allylic oxidation sites excluding steroid dienone is 2. The van der Waals surface area contributed by atoms with Gasteiger partial charge in [0.1, 0.15) is 38.0 Å². The molecule has 4 heterocycles.